The maximum Gasteiger partial charge on any atom is 0.318 e. The summed E-state index contributed by atoms with van der Waals surface area (Å²) in [6.45, 7) is 2.99. The monoisotopic (exact) mass is 626 g/mol. The molecule has 0 bridgehead atoms. The number of benzene rings is 3. The zero-order valence-electron chi connectivity index (χ0n) is 25.7. The Balaban J connectivity index is 1.23. The molecule has 4 amide bonds. The average Bonchev–Trinajstić information content (AvgIpc) is 3.46. The van der Waals surface area contributed by atoms with Gasteiger partial charge in [-0.25, -0.2) is 4.79 Å². The molecule has 2 atom stereocenters. The van der Waals surface area contributed by atoms with Crippen LogP contribution in [-0.4, -0.2) is 96.9 Å². The molecule has 10 heteroatoms. The Hall–Kier alpha value is -4.34. The summed E-state index contributed by atoms with van der Waals surface area (Å²) < 4.78 is 0. The number of hydrogen-bond acceptors (Lipinski definition) is 4. The minimum atomic E-state index is -0.803. The van der Waals surface area contributed by atoms with Crippen LogP contribution < -0.4 is 10.2 Å². The predicted molar refractivity (Wildman–Crippen MR) is 178 cm³/mol. The lowest BCUT2D eigenvalue weighted by molar-refractivity contribution is -0.120. The number of fused-ring (bicyclic) bond motifs is 2. The number of H-pyrrole nitrogens is 1. The second-order valence-corrected chi connectivity index (χ2v) is 12.7. The number of piperazine rings is 1. The number of carbonyl (C=O) groups excluding carboxylic acids is 3. The van der Waals surface area contributed by atoms with E-state index in [2.05, 4.69) is 15.2 Å². The van der Waals surface area contributed by atoms with E-state index in [1.807, 2.05) is 85.9 Å². The molecule has 45 heavy (non-hydrogen) atoms. The molecule has 3 heterocycles. The first-order valence-electron chi connectivity index (χ1n) is 15.5. The second kappa shape index (κ2) is 13.3. The maximum atomic E-state index is 14.5. The van der Waals surface area contributed by atoms with Gasteiger partial charge in [-0.3, -0.25) is 9.59 Å². The highest BCUT2D eigenvalue weighted by Crippen LogP contribution is 2.33. The molecule has 2 N–H and O–H groups in total. The number of rotatable bonds is 7. The summed E-state index contributed by atoms with van der Waals surface area (Å²) in [5.74, 6) is 0.0207. The SMILES string of the molecule is CN(C)C[C@H]1Cc2cc(Cl)ccc2N(C(=O)[C@@H](Cc2c[nH]c3ccccc23)NC(=O)N2CCN(C(=O)c3ccccc3)CC2)C1. The number of halogens is 1. The average molecular weight is 627 g/mol. The standard InChI is InChI=1S/C35H39ClN6O3/c1-39(2)22-24-18-26-19-28(36)12-13-32(26)42(23-24)34(44)31(20-27-21-37-30-11-7-6-10-29(27)30)38-35(45)41-16-14-40(15-17-41)33(43)25-8-4-3-5-9-25/h3-13,19,21,24,31,37H,14-18,20,22-23H2,1-2H3,(H,38,45)/t24-,31-/m1/s1. The van der Waals surface area contributed by atoms with Gasteiger partial charge in [0.1, 0.15) is 6.04 Å². The fraction of sp³-hybridized carbons (Fsp3) is 0.343. The van der Waals surface area contributed by atoms with Crippen LogP contribution in [0, 0.1) is 5.92 Å². The van der Waals surface area contributed by atoms with Gasteiger partial charge in [0.25, 0.3) is 5.91 Å². The summed E-state index contributed by atoms with van der Waals surface area (Å²) in [6.07, 6.45) is 3.08. The van der Waals surface area contributed by atoms with Gasteiger partial charge in [0, 0.05) is 79.1 Å². The highest BCUT2D eigenvalue weighted by Gasteiger charge is 2.35. The molecule has 1 saturated heterocycles. The number of para-hydroxylation sites is 1. The Labute approximate surface area is 268 Å². The van der Waals surface area contributed by atoms with Crippen LogP contribution in [0.3, 0.4) is 0 Å². The van der Waals surface area contributed by atoms with E-state index in [9.17, 15) is 14.4 Å². The van der Waals surface area contributed by atoms with Crippen molar-refractivity contribution in [3.05, 3.63) is 101 Å². The van der Waals surface area contributed by atoms with Crippen LogP contribution in [0.2, 0.25) is 5.02 Å². The normalized spacial score (nSPS) is 17.3. The minimum absolute atomic E-state index is 0.0424. The van der Waals surface area contributed by atoms with Crippen LogP contribution >= 0.6 is 11.6 Å². The lowest BCUT2D eigenvalue weighted by Gasteiger charge is -2.39. The molecular weight excluding hydrogens is 588 g/mol. The van der Waals surface area contributed by atoms with Gasteiger partial charge in [-0.05, 0) is 74.0 Å². The van der Waals surface area contributed by atoms with Crippen LogP contribution in [0.5, 0.6) is 0 Å². The summed E-state index contributed by atoms with van der Waals surface area (Å²) in [7, 11) is 4.07. The molecule has 1 fully saturated rings. The molecule has 6 rings (SSSR count). The van der Waals surface area contributed by atoms with Crippen LogP contribution in [0.4, 0.5) is 10.5 Å². The Morgan fingerprint density at radius 3 is 2.42 bits per heavy atom. The van der Waals surface area contributed by atoms with Crippen molar-refractivity contribution in [2.24, 2.45) is 5.92 Å². The van der Waals surface area contributed by atoms with Crippen LogP contribution in [-0.2, 0) is 17.6 Å². The number of amides is 4. The lowest BCUT2D eigenvalue weighted by Crippen LogP contribution is -2.58. The van der Waals surface area contributed by atoms with Gasteiger partial charge in [-0.2, -0.15) is 0 Å². The van der Waals surface area contributed by atoms with Crippen molar-refractivity contribution in [3.8, 4) is 0 Å². The molecule has 2 aliphatic rings. The first-order chi connectivity index (χ1) is 21.8. The highest BCUT2D eigenvalue weighted by atomic mass is 35.5. The molecule has 234 valence electrons. The van der Waals surface area contributed by atoms with E-state index < -0.39 is 6.04 Å². The molecule has 0 radical (unpaired) electrons. The van der Waals surface area contributed by atoms with Crippen molar-refractivity contribution >= 4 is 46.0 Å². The highest BCUT2D eigenvalue weighted by molar-refractivity contribution is 6.30. The number of aromatic amines is 1. The van der Waals surface area contributed by atoms with E-state index >= 15 is 0 Å². The molecule has 2 aliphatic heterocycles. The fourth-order valence-electron chi connectivity index (χ4n) is 6.59. The number of carbonyl (C=O) groups is 3. The lowest BCUT2D eigenvalue weighted by atomic mass is 9.91. The van der Waals surface area contributed by atoms with Crippen molar-refractivity contribution in [1.29, 1.82) is 0 Å². The van der Waals surface area contributed by atoms with Crippen molar-refractivity contribution in [2.75, 3.05) is 58.3 Å². The minimum Gasteiger partial charge on any atom is -0.361 e. The Morgan fingerprint density at radius 1 is 0.956 bits per heavy atom. The van der Waals surface area contributed by atoms with Gasteiger partial charge in [-0.15, -0.1) is 0 Å². The molecule has 0 saturated carbocycles. The second-order valence-electron chi connectivity index (χ2n) is 12.3. The largest absolute Gasteiger partial charge is 0.361 e. The Kier molecular flexibility index (Phi) is 9.09. The number of anilines is 1. The topological polar surface area (TPSA) is 92.0 Å². The van der Waals surface area contributed by atoms with Gasteiger partial charge in [0.05, 0.1) is 0 Å². The number of urea groups is 1. The Bertz CT molecular complexity index is 1680. The third-order valence-corrected chi connectivity index (χ3v) is 8.98. The zero-order valence-corrected chi connectivity index (χ0v) is 26.5. The number of hydrogen-bond donors (Lipinski definition) is 2. The summed E-state index contributed by atoms with van der Waals surface area (Å²) >= 11 is 6.39. The number of nitrogens with one attached hydrogen (secondary N) is 2. The molecular formula is C35H39ClN6O3. The third kappa shape index (κ3) is 6.84. The van der Waals surface area contributed by atoms with Crippen LogP contribution in [0.15, 0.2) is 79.0 Å². The zero-order chi connectivity index (χ0) is 31.5. The smallest absolute Gasteiger partial charge is 0.318 e. The summed E-state index contributed by atoms with van der Waals surface area (Å²) in [6, 6.07) is 21.7. The van der Waals surface area contributed by atoms with Crippen LogP contribution in [0.25, 0.3) is 10.9 Å². The third-order valence-electron chi connectivity index (χ3n) is 8.74. The van der Waals surface area contributed by atoms with Crippen molar-refractivity contribution < 1.29 is 14.4 Å². The van der Waals surface area contributed by atoms with Gasteiger partial charge in [-0.1, -0.05) is 48.0 Å². The first kappa shape index (κ1) is 30.7. The van der Waals surface area contributed by atoms with Gasteiger partial charge < -0.3 is 29.9 Å². The summed E-state index contributed by atoms with van der Waals surface area (Å²) in [5.41, 5.74) is 4.44. The van der Waals surface area contributed by atoms with Gasteiger partial charge >= 0.3 is 6.03 Å². The van der Waals surface area contributed by atoms with Gasteiger partial charge in [0.15, 0.2) is 0 Å². The molecule has 0 spiro atoms. The molecule has 0 unspecified atom stereocenters. The molecule has 0 aliphatic carbocycles. The van der Waals surface area contributed by atoms with E-state index in [4.69, 9.17) is 11.6 Å². The van der Waals surface area contributed by atoms with E-state index in [1.54, 1.807) is 21.9 Å². The van der Waals surface area contributed by atoms with Crippen molar-refractivity contribution in [3.63, 3.8) is 0 Å². The number of nitrogens with zero attached hydrogens (tertiary/aromatic N) is 4. The summed E-state index contributed by atoms with van der Waals surface area (Å²) in [4.78, 5) is 52.0. The van der Waals surface area contributed by atoms with E-state index in [1.165, 1.54) is 0 Å². The molecule has 1 aromatic heterocycles. The summed E-state index contributed by atoms with van der Waals surface area (Å²) in [5, 5.41) is 4.76. The molecule has 4 aromatic rings. The Morgan fingerprint density at radius 2 is 1.67 bits per heavy atom. The molecule has 3 aromatic carbocycles. The quantitative estimate of drug-likeness (QED) is 0.312. The predicted octanol–water partition coefficient (Wildman–Crippen LogP) is 4.67. The van der Waals surface area contributed by atoms with Crippen molar-refractivity contribution in [1.82, 2.24) is 25.0 Å². The van der Waals surface area contributed by atoms with Gasteiger partial charge in [0.2, 0.25) is 5.91 Å². The van der Waals surface area contributed by atoms with Crippen molar-refractivity contribution in [2.45, 2.75) is 18.9 Å². The van der Waals surface area contributed by atoms with E-state index in [0.717, 1.165) is 40.7 Å². The van der Waals surface area contributed by atoms with E-state index in [0.29, 0.717) is 49.7 Å². The molecule has 9 nitrogen and oxygen atoms in total. The fourth-order valence-corrected chi connectivity index (χ4v) is 6.78. The van der Waals surface area contributed by atoms with Crippen LogP contribution in [0.1, 0.15) is 21.5 Å². The van der Waals surface area contributed by atoms with E-state index in [-0.39, 0.29) is 23.8 Å². The first-order valence-corrected chi connectivity index (χ1v) is 15.8. The number of aromatic nitrogens is 1. The maximum absolute atomic E-state index is 14.5.